The van der Waals surface area contributed by atoms with Crippen molar-refractivity contribution in [2.45, 2.75) is 32.2 Å². The van der Waals surface area contributed by atoms with Gasteiger partial charge in [0, 0.05) is 28.8 Å². The van der Waals surface area contributed by atoms with Gasteiger partial charge in [0.05, 0.1) is 11.1 Å². The number of benzene rings is 1. The lowest BCUT2D eigenvalue weighted by Gasteiger charge is -2.24. The Morgan fingerprint density at radius 2 is 2.25 bits per heavy atom. The van der Waals surface area contributed by atoms with Crippen LogP contribution in [0.4, 0.5) is 0 Å². The monoisotopic (exact) mass is 321 g/mol. The molecule has 0 aliphatic carbocycles. The number of fused-ring (bicyclic) bond motifs is 3. The summed E-state index contributed by atoms with van der Waals surface area (Å²) < 4.78 is 7.08. The number of aryl methyl sites for hydroxylation is 1. The molecule has 6 nitrogen and oxygen atoms in total. The number of carboxylic acids is 1. The summed E-state index contributed by atoms with van der Waals surface area (Å²) in [6.45, 7) is 2.17. The predicted molar refractivity (Wildman–Crippen MR) is 86.8 cm³/mol. The second kappa shape index (κ2) is 5.24. The van der Waals surface area contributed by atoms with Gasteiger partial charge in [0.1, 0.15) is 11.8 Å². The van der Waals surface area contributed by atoms with Gasteiger partial charge in [-0.1, -0.05) is 5.16 Å². The molecule has 1 N–H and O–H groups in total. The molecule has 6 heteroatoms. The number of aromatic nitrogens is 2. The van der Waals surface area contributed by atoms with E-state index in [1.165, 1.54) is 11.8 Å². The predicted octanol–water partition coefficient (Wildman–Crippen LogP) is 3.76. The average Bonchev–Trinajstić information content (AvgIpc) is 3.19. The molecular formula is C18H15N3O3. The summed E-state index contributed by atoms with van der Waals surface area (Å²) in [4.78, 5) is 11.0. The highest BCUT2D eigenvalue weighted by Gasteiger charge is 2.22. The van der Waals surface area contributed by atoms with E-state index in [9.17, 15) is 10.1 Å². The van der Waals surface area contributed by atoms with E-state index in [2.05, 4.69) is 28.8 Å². The van der Waals surface area contributed by atoms with Crippen molar-refractivity contribution in [3.05, 3.63) is 41.3 Å². The van der Waals surface area contributed by atoms with E-state index in [1.807, 2.05) is 6.07 Å². The molecule has 2 aromatic heterocycles. The molecule has 0 amide bonds. The maximum atomic E-state index is 11.0. The van der Waals surface area contributed by atoms with Crippen LogP contribution in [-0.2, 0) is 6.42 Å². The smallest absolute Gasteiger partial charge is 0.374 e. The number of carboxylic acid groups (broad SMARTS) is 1. The summed E-state index contributed by atoms with van der Waals surface area (Å²) in [7, 11) is 0. The molecule has 0 saturated heterocycles. The zero-order valence-electron chi connectivity index (χ0n) is 13.1. The topological polar surface area (TPSA) is 92.1 Å². The number of hydrogen-bond donors (Lipinski definition) is 1. The Kier molecular flexibility index (Phi) is 3.17. The minimum absolute atomic E-state index is 0.214. The minimum atomic E-state index is -1.16. The molecular weight excluding hydrogens is 306 g/mol. The fourth-order valence-electron chi connectivity index (χ4n) is 3.58. The van der Waals surface area contributed by atoms with E-state index in [0.29, 0.717) is 22.9 Å². The first-order valence-electron chi connectivity index (χ1n) is 7.87. The Hall–Kier alpha value is -3.07. The van der Waals surface area contributed by atoms with Crippen molar-refractivity contribution in [3.8, 4) is 17.3 Å². The second-order valence-corrected chi connectivity index (χ2v) is 6.20. The largest absolute Gasteiger partial charge is 0.475 e. The molecule has 1 aliphatic heterocycles. The van der Waals surface area contributed by atoms with E-state index in [0.717, 1.165) is 30.2 Å². The molecule has 24 heavy (non-hydrogen) atoms. The maximum Gasteiger partial charge on any atom is 0.374 e. The Bertz CT molecular complexity index is 1010. The van der Waals surface area contributed by atoms with E-state index in [4.69, 9.17) is 9.63 Å². The summed E-state index contributed by atoms with van der Waals surface area (Å²) in [5, 5.41) is 23.4. The average molecular weight is 321 g/mol. The Morgan fingerprint density at radius 3 is 2.96 bits per heavy atom. The van der Waals surface area contributed by atoms with E-state index in [-0.39, 0.29) is 5.76 Å². The van der Waals surface area contributed by atoms with Gasteiger partial charge in [0.15, 0.2) is 0 Å². The molecule has 4 rings (SSSR count). The van der Waals surface area contributed by atoms with Gasteiger partial charge in [-0.3, -0.25) is 0 Å². The van der Waals surface area contributed by atoms with Crippen molar-refractivity contribution in [2.24, 2.45) is 0 Å². The molecule has 1 aromatic carbocycles. The molecule has 0 bridgehead atoms. The fraction of sp³-hybridized carbons (Fsp3) is 0.278. The number of carbonyl (C=O) groups is 1. The quantitative estimate of drug-likeness (QED) is 0.775. The van der Waals surface area contributed by atoms with Crippen molar-refractivity contribution in [1.82, 2.24) is 9.72 Å². The Balaban J connectivity index is 1.93. The van der Waals surface area contributed by atoms with Crippen LogP contribution in [0.5, 0.6) is 0 Å². The standard InChI is InChI=1S/C18H15N3O3/c1-10-3-2-4-14-7-12-5-11(6-13(9-19)17(12)21(10)14)15-8-16(18(22)23)24-20-15/h5-8,10H,2-4H2,1H3,(H,22,23)/t10-/m0/s1. The maximum absolute atomic E-state index is 11.0. The molecule has 0 fully saturated rings. The van der Waals surface area contributed by atoms with E-state index < -0.39 is 5.97 Å². The highest BCUT2D eigenvalue weighted by atomic mass is 16.5. The zero-order chi connectivity index (χ0) is 16.8. The third-order valence-corrected chi connectivity index (χ3v) is 4.64. The third-order valence-electron chi connectivity index (χ3n) is 4.64. The molecule has 120 valence electrons. The van der Waals surface area contributed by atoms with Crippen molar-refractivity contribution in [2.75, 3.05) is 0 Å². The summed E-state index contributed by atoms with van der Waals surface area (Å²) >= 11 is 0. The van der Waals surface area contributed by atoms with E-state index in [1.54, 1.807) is 6.07 Å². The molecule has 3 aromatic rings. The first-order valence-corrected chi connectivity index (χ1v) is 7.87. The lowest BCUT2D eigenvalue weighted by molar-refractivity contribution is 0.0652. The summed E-state index contributed by atoms with van der Waals surface area (Å²) in [6, 6.07) is 9.83. The highest BCUT2D eigenvalue weighted by molar-refractivity contribution is 5.92. The summed E-state index contributed by atoms with van der Waals surface area (Å²) in [6.07, 6.45) is 3.26. The lowest BCUT2D eigenvalue weighted by Crippen LogP contribution is -2.14. The Morgan fingerprint density at radius 1 is 1.42 bits per heavy atom. The van der Waals surface area contributed by atoms with Gasteiger partial charge >= 0.3 is 5.97 Å². The molecule has 3 heterocycles. The first kappa shape index (κ1) is 14.5. The van der Waals surface area contributed by atoms with Crippen LogP contribution in [0, 0.1) is 11.3 Å². The van der Waals surface area contributed by atoms with Crippen molar-refractivity contribution in [3.63, 3.8) is 0 Å². The molecule has 0 radical (unpaired) electrons. The summed E-state index contributed by atoms with van der Waals surface area (Å²) in [5.74, 6) is -1.38. The summed E-state index contributed by atoms with van der Waals surface area (Å²) in [5.41, 5.74) is 3.87. The van der Waals surface area contributed by atoms with Gasteiger partial charge in [-0.2, -0.15) is 5.26 Å². The van der Waals surface area contributed by atoms with Crippen molar-refractivity contribution < 1.29 is 14.4 Å². The molecule has 1 atom stereocenters. The van der Waals surface area contributed by atoms with E-state index >= 15 is 0 Å². The molecule has 0 saturated carbocycles. The van der Waals surface area contributed by atoms with Crippen LogP contribution < -0.4 is 0 Å². The Labute approximate surface area is 137 Å². The van der Waals surface area contributed by atoms with Crippen LogP contribution in [0.3, 0.4) is 0 Å². The van der Waals surface area contributed by atoms with Gasteiger partial charge in [-0.25, -0.2) is 4.79 Å². The molecule has 0 unspecified atom stereocenters. The van der Waals surface area contributed by atoms with Crippen LogP contribution in [0.1, 0.15) is 47.6 Å². The number of nitrogens with zero attached hydrogens (tertiary/aromatic N) is 3. The lowest BCUT2D eigenvalue weighted by atomic mass is 10.0. The SMILES string of the molecule is C[C@H]1CCCc2cc3cc(-c4cc(C(=O)O)on4)cc(C#N)c3n21. The normalized spacial score (nSPS) is 16.8. The van der Waals surface area contributed by atoms with Gasteiger partial charge < -0.3 is 14.2 Å². The van der Waals surface area contributed by atoms with Crippen LogP contribution >= 0.6 is 0 Å². The van der Waals surface area contributed by atoms with Crippen LogP contribution in [0.2, 0.25) is 0 Å². The van der Waals surface area contributed by atoms with Crippen molar-refractivity contribution in [1.29, 1.82) is 5.26 Å². The number of hydrogen-bond acceptors (Lipinski definition) is 4. The van der Waals surface area contributed by atoms with Crippen LogP contribution in [0.25, 0.3) is 22.2 Å². The molecule has 1 aliphatic rings. The first-order chi connectivity index (χ1) is 11.6. The van der Waals surface area contributed by atoms with Crippen LogP contribution in [-0.4, -0.2) is 20.8 Å². The highest BCUT2D eigenvalue weighted by Crippen LogP contribution is 2.35. The third kappa shape index (κ3) is 2.09. The van der Waals surface area contributed by atoms with Gasteiger partial charge in [-0.15, -0.1) is 0 Å². The van der Waals surface area contributed by atoms with Gasteiger partial charge in [0.2, 0.25) is 5.76 Å². The number of aromatic carboxylic acids is 1. The zero-order valence-corrected chi connectivity index (χ0v) is 13.1. The van der Waals surface area contributed by atoms with Gasteiger partial charge in [0.25, 0.3) is 0 Å². The number of nitriles is 1. The minimum Gasteiger partial charge on any atom is -0.475 e. The van der Waals surface area contributed by atoms with Gasteiger partial charge in [-0.05, 0) is 44.4 Å². The second-order valence-electron chi connectivity index (χ2n) is 6.20. The fourth-order valence-corrected chi connectivity index (χ4v) is 3.58. The van der Waals surface area contributed by atoms with Crippen LogP contribution in [0.15, 0.2) is 28.8 Å². The van der Waals surface area contributed by atoms with Crippen molar-refractivity contribution >= 4 is 16.9 Å². The molecule has 0 spiro atoms. The number of rotatable bonds is 2.